The van der Waals surface area contributed by atoms with Crippen LogP contribution in [0.3, 0.4) is 0 Å². The largest absolute Gasteiger partial charge is 0.481 e. The van der Waals surface area contributed by atoms with Crippen molar-refractivity contribution in [3.05, 3.63) is 102 Å². The van der Waals surface area contributed by atoms with E-state index in [0.29, 0.717) is 18.7 Å². The van der Waals surface area contributed by atoms with Crippen molar-refractivity contribution in [1.29, 1.82) is 0 Å². The molecule has 4 rings (SSSR count). The third-order valence-corrected chi connectivity index (χ3v) is 5.30. The van der Waals surface area contributed by atoms with Gasteiger partial charge in [-0.1, -0.05) is 48.0 Å². The first-order valence-corrected chi connectivity index (χ1v) is 11.3. The molecule has 1 N–H and O–H groups in total. The number of aryl methyl sites for hydroxylation is 2. The molecule has 6 nitrogen and oxygen atoms in total. The molecule has 0 saturated heterocycles. The van der Waals surface area contributed by atoms with Gasteiger partial charge in [0.15, 0.2) is 0 Å². The molecular weight excluding hydrogens is 443 g/mol. The molecule has 1 heterocycles. The highest BCUT2D eigenvalue weighted by atomic mass is 32.2. The van der Waals surface area contributed by atoms with Crippen LogP contribution in [0.25, 0.3) is 10.9 Å². The molecule has 0 saturated carbocycles. The minimum Gasteiger partial charge on any atom is -0.481 e. The molecule has 33 heavy (non-hydrogen) atoms. The summed E-state index contributed by atoms with van der Waals surface area (Å²) in [5.41, 5.74) is 4.17. The lowest BCUT2D eigenvalue weighted by Gasteiger charge is -2.02. The number of halogens is 1. The second-order valence-corrected chi connectivity index (χ2v) is 8.08. The summed E-state index contributed by atoms with van der Waals surface area (Å²) >= 11 is 0. The molecule has 0 bridgehead atoms. The maximum Gasteiger partial charge on any atom is 0.316 e. The van der Waals surface area contributed by atoms with Crippen molar-refractivity contribution in [3.8, 4) is 0 Å². The van der Waals surface area contributed by atoms with Gasteiger partial charge in [0.1, 0.15) is 5.82 Å². The van der Waals surface area contributed by atoms with Crippen LogP contribution in [0.1, 0.15) is 23.1 Å². The first-order valence-electron chi connectivity index (χ1n) is 10.2. The molecule has 0 fully saturated rings. The Labute approximate surface area is 192 Å². The SMILES string of the molecule is Cc1ccccc1.O=C(O)CCn1cc(Cc2ccc(F)cc2)c2cc(N=S(=O)=O)ccc21. The van der Waals surface area contributed by atoms with Gasteiger partial charge in [0.25, 0.3) is 0 Å². The maximum absolute atomic E-state index is 13.1. The molecule has 8 heteroatoms. The summed E-state index contributed by atoms with van der Waals surface area (Å²) in [6.45, 7) is 2.37. The first-order chi connectivity index (χ1) is 15.8. The van der Waals surface area contributed by atoms with Gasteiger partial charge in [-0.3, -0.25) is 4.79 Å². The molecule has 0 radical (unpaired) electrons. The van der Waals surface area contributed by atoms with Gasteiger partial charge >= 0.3 is 16.5 Å². The number of benzene rings is 3. The van der Waals surface area contributed by atoms with Gasteiger partial charge in [0, 0.05) is 23.6 Å². The van der Waals surface area contributed by atoms with Gasteiger partial charge in [-0.05, 0) is 54.8 Å². The van der Waals surface area contributed by atoms with Crippen molar-refractivity contribution >= 4 is 33.1 Å². The minimum atomic E-state index is -2.56. The lowest BCUT2D eigenvalue weighted by Crippen LogP contribution is -2.03. The zero-order valence-corrected chi connectivity index (χ0v) is 18.8. The Bertz CT molecular complexity index is 1370. The van der Waals surface area contributed by atoms with Gasteiger partial charge < -0.3 is 9.67 Å². The molecule has 0 aliphatic rings. The van der Waals surface area contributed by atoms with E-state index in [9.17, 15) is 17.6 Å². The van der Waals surface area contributed by atoms with E-state index in [0.717, 1.165) is 22.0 Å². The van der Waals surface area contributed by atoms with Crippen LogP contribution in [-0.4, -0.2) is 24.1 Å². The van der Waals surface area contributed by atoms with Gasteiger partial charge in [-0.25, -0.2) is 4.39 Å². The molecule has 0 unspecified atom stereocenters. The Hall–Kier alpha value is -3.78. The molecule has 0 aliphatic heterocycles. The summed E-state index contributed by atoms with van der Waals surface area (Å²) in [7, 11) is -2.56. The van der Waals surface area contributed by atoms with Crippen LogP contribution in [0.2, 0.25) is 0 Å². The number of carboxylic acid groups (broad SMARTS) is 1. The van der Waals surface area contributed by atoms with Gasteiger partial charge in [-0.2, -0.15) is 8.42 Å². The van der Waals surface area contributed by atoms with Crippen molar-refractivity contribution in [2.24, 2.45) is 4.36 Å². The molecule has 170 valence electrons. The number of hydrogen-bond donors (Lipinski definition) is 1. The Morgan fingerprint density at radius 1 is 1.03 bits per heavy atom. The van der Waals surface area contributed by atoms with Gasteiger partial charge in [0.2, 0.25) is 0 Å². The van der Waals surface area contributed by atoms with Crippen LogP contribution in [-0.2, 0) is 28.3 Å². The number of aromatic nitrogens is 1. The Morgan fingerprint density at radius 3 is 2.30 bits per heavy atom. The zero-order chi connectivity index (χ0) is 23.8. The second kappa shape index (κ2) is 11.2. The summed E-state index contributed by atoms with van der Waals surface area (Å²) in [6.07, 6.45) is 2.31. The fourth-order valence-corrected chi connectivity index (χ4v) is 3.69. The third kappa shape index (κ3) is 7.11. The van der Waals surface area contributed by atoms with Crippen LogP contribution in [0.4, 0.5) is 10.1 Å². The van der Waals surface area contributed by atoms with Crippen LogP contribution in [0, 0.1) is 12.7 Å². The minimum absolute atomic E-state index is 0.0313. The van der Waals surface area contributed by atoms with Crippen molar-refractivity contribution in [1.82, 2.24) is 4.57 Å². The van der Waals surface area contributed by atoms with E-state index >= 15 is 0 Å². The third-order valence-electron chi connectivity index (χ3n) is 4.94. The molecule has 0 spiro atoms. The lowest BCUT2D eigenvalue weighted by molar-refractivity contribution is -0.137. The normalized spacial score (nSPS) is 10.4. The van der Waals surface area contributed by atoms with Gasteiger partial charge in [-0.15, -0.1) is 4.36 Å². The molecule has 4 aromatic rings. The molecule has 3 aromatic carbocycles. The summed E-state index contributed by atoms with van der Waals surface area (Å²) in [5.74, 6) is -1.23. The predicted octanol–water partition coefficient (Wildman–Crippen LogP) is 5.54. The standard InChI is InChI=1S/C18H15FN2O4S.C7H8/c19-14-3-1-12(2-4-14)9-13-11-21(8-7-18(22)23)17-6-5-15(10-16(13)17)20-26(24)25;1-7-5-3-2-4-6-7/h1-6,10-11H,7-9H2,(H,22,23);2-6H,1H3. The van der Waals surface area contributed by atoms with Crippen LogP contribution in [0.5, 0.6) is 0 Å². The number of fused-ring (bicyclic) bond motifs is 1. The summed E-state index contributed by atoms with van der Waals surface area (Å²) in [6, 6.07) is 21.3. The average molecular weight is 467 g/mol. The number of carbonyl (C=O) groups is 1. The van der Waals surface area contributed by atoms with Crippen molar-refractivity contribution in [3.63, 3.8) is 0 Å². The van der Waals surface area contributed by atoms with E-state index in [1.54, 1.807) is 30.3 Å². The molecule has 0 aliphatic carbocycles. The number of hydrogen-bond acceptors (Lipinski definition) is 4. The molecule has 0 atom stereocenters. The van der Waals surface area contributed by atoms with E-state index in [4.69, 9.17) is 5.11 Å². The van der Waals surface area contributed by atoms with E-state index in [-0.39, 0.29) is 12.2 Å². The fraction of sp³-hybridized carbons (Fsp3) is 0.160. The predicted molar refractivity (Wildman–Crippen MR) is 126 cm³/mol. The van der Waals surface area contributed by atoms with Crippen molar-refractivity contribution < 1.29 is 22.7 Å². The van der Waals surface area contributed by atoms with Crippen LogP contribution >= 0.6 is 0 Å². The average Bonchev–Trinajstić information content (AvgIpc) is 3.11. The second-order valence-electron chi connectivity index (χ2n) is 7.46. The highest BCUT2D eigenvalue weighted by molar-refractivity contribution is 7.61. The molecule has 1 aromatic heterocycles. The van der Waals surface area contributed by atoms with Crippen LogP contribution in [0.15, 0.2) is 83.4 Å². The quantitative estimate of drug-likeness (QED) is 0.404. The summed E-state index contributed by atoms with van der Waals surface area (Å²) in [4.78, 5) is 10.9. The molecule has 0 amide bonds. The van der Waals surface area contributed by atoms with E-state index in [1.165, 1.54) is 17.7 Å². The number of rotatable bonds is 6. The number of nitrogens with zero attached hydrogens (tertiary/aromatic N) is 2. The molecular formula is C25H23FN2O4S. The smallest absolute Gasteiger partial charge is 0.316 e. The lowest BCUT2D eigenvalue weighted by atomic mass is 10.0. The highest BCUT2D eigenvalue weighted by Gasteiger charge is 2.11. The number of aliphatic carboxylic acids is 1. The van der Waals surface area contributed by atoms with Gasteiger partial charge in [0.05, 0.1) is 12.1 Å². The topological polar surface area (TPSA) is 88.7 Å². The van der Waals surface area contributed by atoms with Crippen molar-refractivity contribution in [2.45, 2.75) is 26.3 Å². The Morgan fingerprint density at radius 2 is 1.73 bits per heavy atom. The highest BCUT2D eigenvalue weighted by Crippen LogP contribution is 2.28. The first kappa shape index (κ1) is 23.9. The summed E-state index contributed by atoms with van der Waals surface area (Å²) < 4.78 is 40.1. The summed E-state index contributed by atoms with van der Waals surface area (Å²) in [5, 5.41) is 9.71. The maximum atomic E-state index is 13.1. The fourth-order valence-electron chi connectivity index (χ4n) is 3.40. The van der Waals surface area contributed by atoms with E-state index < -0.39 is 16.5 Å². The van der Waals surface area contributed by atoms with Crippen LogP contribution < -0.4 is 0 Å². The van der Waals surface area contributed by atoms with E-state index in [2.05, 4.69) is 23.4 Å². The van der Waals surface area contributed by atoms with Crippen molar-refractivity contribution in [2.75, 3.05) is 0 Å². The Kier molecular flexibility index (Phi) is 8.10. The monoisotopic (exact) mass is 466 g/mol. The number of carboxylic acids is 1. The van der Waals surface area contributed by atoms with E-state index in [1.807, 2.05) is 29.0 Å². The Balaban J connectivity index is 0.000000374. The zero-order valence-electron chi connectivity index (χ0n) is 18.0.